The molecule has 0 spiro atoms. The molecule has 1 atom stereocenters. The number of benzene rings is 3. The van der Waals surface area contributed by atoms with Gasteiger partial charge >= 0.3 is 6.03 Å². The zero-order valence-electron chi connectivity index (χ0n) is 15.5. The zero-order chi connectivity index (χ0) is 19.2. The van der Waals surface area contributed by atoms with Gasteiger partial charge in [0.15, 0.2) is 0 Å². The molecular formula is C22H23N3O2. The molecule has 3 aromatic rings. The van der Waals surface area contributed by atoms with Gasteiger partial charge in [-0.2, -0.15) is 0 Å². The fourth-order valence-corrected chi connectivity index (χ4v) is 3.06. The molecule has 3 N–H and O–H groups in total. The summed E-state index contributed by atoms with van der Waals surface area (Å²) in [6.45, 7) is 3.80. The molecule has 0 saturated heterocycles. The summed E-state index contributed by atoms with van der Waals surface area (Å²) >= 11 is 0. The van der Waals surface area contributed by atoms with Crippen LogP contribution in [0.2, 0.25) is 0 Å². The average molecular weight is 361 g/mol. The van der Waals surface area contributed by atoms with Gasteiger partial charge < -0.3 is 16.0 Å². The highest BCUT2D eigenvalue weighted by Gasteiger charge is 2.13. The average Bonchev–Trinajstić information content (AvgIpc) is 2.66. The van der Waals surface area contributed by atoms with Crippen LogP contribution in [0.25, 0.3) is 10.8 Å². The third-order valence-corrected chi connectivity index (χ3v) is 4.35. The fraction of sp³-hybridized carbons (Fsp3) is 0.182. The van der Waals surface area contributed by atoms with Crippen molar-refractivity contribution in [1.29, 1.82) is 0 Å². The van der Waals surface area contributed by atoms with E-state index in [-0.39, 0.29) is 18.5 Å². The number of carbonyl (C=O) groups excluding carboxylic acids is 2. The van der Waals surface area contributed by atoms with E-state index in [2.05, 4.69) is 16.0 Å². The van der Waals surface area contributed by atoms with Crippen LogP contribution in [0, 0.1) is 6.92 Å². The van der Waals surface area contributed by atoms with E-state index in [1.54, 1.807) is 6.07 Å². The Kier molecular flexibility index (Phi) is 5.71. The normalized spacial score (nSPS) is 11.6. The number of nitrogens with one attached hydrogen (secondary N) is 3. The molecule has 5 nitrogen and oxygen atoms in total. The summed E-state index contributed by atoms with van der Waals surface area (Å²) in [5.74, 6) is -0.241. The van der Waals surface area contributed by atoms with Gasteiger partial charge in [0.1, 0.15) is 0 Å². The van der Waals surface area contributed by atoms with Crippen LogP contribution in [-0.2, 0) is 4.79 Å². The van der Waals surface area contributed by atoms with E-state index in [1.165, 1.54) is 0 Å². The summed E-state index contributed by atoms with van der Waals surface area (Å²) in [5.41, 5.74) is 2.79. The van der Waals surface area contributed by atoms with Crippen molar-refractivity contribution in [3.8, 4) is 0 Å². The van der Waals surface area contributed by atoms with Crippen LogP contribution in [0.4, 0.5) is 10.5 Å². The third kappa shape index (κ3) is 4.85. The van der Waals surface area contributed by atoms with E-state index >= 15 is 0 Å². The maximum absolute atomic E-state index is 12.2. The first-order chi connectivity index (χ1) is 13.0. The fourth-order valence-electron chi connectivity index (χ4n) is 3.06. The smallest absolute Gasteiger partial charge is 0.319 e. The lowest BCUT2D eigenvalue weighted by atomic mass is 10.00. The SMILES string of the molecule is Cc1cccc(NC(=O)NCC(=O)NC(C)c2cccc3ccccc23)c1. The largest absolute Gasteiger partial charge is 0.348 e. The molecule has 0 radical (unpaired) electrons. The highest BCUT2D eigenvalue weighted by molar-refractivity contribution is 5.92. The van der Waals surface area contributed by atoms with Crippen molar-refractivity contribution in [2.75, 3.05) is 11.9 Å². The van der Waals surface area contributed by atoms with Gasteiger partial charge in [0, 0.05) is 5.69 Å². The summed E-state index contributed by atoms with van der Waals surface area (Å²) in [6.07, 6.45) is 0. The lowest BCUT2D eigenvalue weighted by Gasteiger charge is -2.17. The molecule has 0 aliphatic carbocycles. The molecule has 3 aromatic carbocycles. The Labute approximate surface area is 158 Å². The van der Waals surface area contributed by atoms with E-state index < -0.39 is 6.03 Å². The number of fused-ring (bicyclic) bond motifs is 1. The van der Waals surface area contributed by atoms with Gasteiger partial charge in [-0.25, -0.2) is 4.79 Å². The quantitative estimate of drug-likeness (QED) is 0.639. The number of urea groups is 1. The van der Waals surface area contributed by atoms with Crippen LogP contribution in [0.3, 0.4) is 0 Å². The summed E-state index contributed by atoms with van der Waals surface area (Å²) in [5, 5.41) is 10.5. The molecule has 0 aliphatic rings. The second-order valence-corrected chi connectivity index (χ2v) is 6.53. The van der Waals surface area contributed by atoms with E-state index in [4.69, 9.17) is 0 Å². The molecule has 0 aromatic heterocycles. The summed E-state index contributed by atoms with van der Waals surface area (Å²) in [7, 11) is 0. The minimum absolute atomic E-state index is 0.0905. The number of anilines is 1. The highest BCUT2D eigenvalue weighted by Crippen LogP contribution is 2.23. The molecule has 138 valence electrons. The van der Waals surface area contributed by atoms with Crippen LogP contribution < -0.4 is 16.0 Å². The number of rotatable bonds is 5. The lowest BCUT2D eigenvalue weighted by Crippen LogP contribution is -2.39. The summed E-state index contributed by atoms with van der Waals surface area (Å²) in [4.78, 5) is 24.2. The Morgan fingerprint density at radius 2 is 1.70 bits per heavy atom. The van der Waals surface area contributed by atoms with Crippen molar-refractivity contribution in [2.45, 2.75) is 19.9 Å². The Morgan fingerprint density at radius 3 is 2.52 bits per heavy atom. The second-order valence-electron chi connectivity index (χ2n) is 6.53. The molecule has 5 heteroatoms. The summed E-state index contributed by atoms with van der Waals surface area (Å²) < 4.78 is 0. The minimum atomic E-state index is -0.409. The van der Waals surface area contributed by atoms with Crippen LogP contribution in [-0.4, -0.2) is 18.5 Å². The van der Waals surface area contributed by atoms with Gasteiger partial charge in [0.25, 0.3) is 0 Å². The Hall–Kier alpha value is -3.34. The van der Waals surface area contributed by atoms with Crippen LogP contribution in [0.1, 0.15) is 24.1 Å². The molecular weight excluding hydrogens is 338 g/mol. The molecule has 1 unspecified atom stereocenters. The maximum Gasteiger partial charge on any atom is 0.319 e. The maximum atomic E-state index is 12.2. The number of aryl methyl sites for hydroxylation is 1. The van der Waals surface area contributed by atoms with Gasteiger partial charge in [-0.15, -0.1) is 0 Å². The molecule has 0 saturated carbocycles. The Balaban J connectivity index is 1.55. The molecule has 0 fully saturated rings. The predicted octanol–water partition coefficient (Wildman–Crippen LogP) is 4.15. The minimum Gasteiger partial charge on any atom is -0.348 e. The lowest BCUT2D eigenvalue weighted by molar-refractivity contribution is -0.120. The van der Waals surface area contributed by atoms with Crippen LogP contribution in [0.15, 0.2) is 66.7 Å². The molecule has 0 aliphatic heterocycles. The van der Waals surface area contributed by atoms with Crippen molar-refractivity contribution in [2.24, 2.45) is 0 Å². The van der Waals surface area contributed by atoms with Gasteiger partial charge in [-0.05, 0) is 47.9 Å². The van der Waals surface area contributed by atoms with Gasteiger partial charge in [-0.1, -0.05) is 54.6 Å². The number of carbonyl (C=O) groups is 2. The van der Waals surface area contributed by atoms with E-state index in [9.17, 15) is 9.59 Å². The van der Waals surface area contributed by atoms with Crippen LogP contribution in [0.5, 0.6) is 0 Å². The van der Waals surface area contributed by atoms with E-state index in [1.807, 2.05) is 74.5 Å². The molecule has 27 heavy (non-hydrogen) atoms. The number of hydrogen-bond donors (Lipinski definition) is 3. The van der Waals surface area contributed by atoms with E-state index in [0.29, 0.717) is 5.69 Å². The first-order valence-electron chi connectivity index (χ1n) is 8.91. The Bertz CT molecular complexity index is 963. The van der Waals surface area contributed by atoms with Gasteiger partial charge in [0.2, 0.25) is 5.91 Å². The van der Waals surface area contributed by atoms with Crippen molar-refractivity contribution >= 4 is 28.4 Å². The standard InChI is InChI=1S/C22H23N3O2/c1-15-7-5-10-18(13-15)25-22(27)23-14-21(26)24-16(2)19-12-6-9-17-8-3-4-11-20(17)19/h3-13,16H,14H2,1-2H3,(H,24,26)(H2,23,25,27). The molecule has 0 heterocycles. The van der Waals surface area contributed by atoms with Crippen molar-refractivity contribution in [3.05, 3.63) is 77.9 Å². The van der Waals surface area contributed by atoms with E-state index in [0.717, 1.165) is 21.9 Å². The number of amides is 3. The third-order valence-electron chi connectivity index (χ3n) is 4.35. The topological polar surface area (TPSA) is 70.2 Å². The second kappa shape index (κ2) is 8.36. The van der Waals surface area contributed by atoms with Crippen molar-refractivity contribution in [1.82, 2.24) is 10.6 Å². The Morgan fingerprint density at radius 1 is 0.963 bits per heavy atom. The van der Waals surface area contributed by atoms with Gasteiger partial charge in [0.05, 0.1) is 12.6 Å². The molecule has 3 rings (SSSR count). The summed E-state index contributed by atoms with van der Waals surface area (Å²) in [6, 6.07) is 21.0. The first-order valence-corrected chi connectivity index (χ1v) is 8.91. The first kappa shape index (κ1) is 18.5. The zero-order valence-corrected chi connectivity index (χ0v) is 15.5. The predicted molar refractivity (Wildman–Crippen MR) is 109 cm³/mol. The van der Waals surface area contributed by atoms with Crippen LogP contribution >= 0.6 is 0 Å². The molecule has 0 bridgehead atoms. The van der Waals surface area contributed by atoms with Crippen molar-refractivity contribution in [3.63, 3.8) is 0 Å². The van der Waals surface area contributed by atoms with Crippen molar-refractivity contribution < 1.29 is 9.59 Å². The number of hydrogen-bond acceptors (Lipinski definition) is 2. The monoisotopic (exact) mass is 361 g/mol. The van der Waals surface area contributed by atoms with Gasteiger partial charge in [-0.3, -0.25) is 4.79 Å². The highest BCUT2D eigenvalue weighted by atomic mass is 16.2. The molecule has 3 amide bonds.